The molecule has 0 aromatic heterocycles. The van der Waals surface area contributed by atoms with Crippen LogP contribution in [0, 0.1) is 12.8 Å². The van der Waals surface area contributed by atoms with Crippen LogP contribution in [0.15, 0.2) is 42.5 Å². The van der Waals surface area contributed by atoms with E-state index in [4.69, 9.17) is 52.9 Å². The number of hydrogen-bond acceptors (Lipinski definition) is 5. The molecular weight excluding hydrogens is 467 g/mol. The highest BCUT2D eigenvalue weighted by Gasteiger charge is 2.51. The number of nitrogens with two attached hydrogens (primary N) is 2. The minimum absolute atomic E-state index is 0.0171. The van der Waals surface area contributed by atoms with E-state index in [9.17, 15) is 18.3 Å². The average Bonchev–Trinajstić information content (AvgIpc) is 2.66. The first-order valence-electron chi connectivity index (χ1n) is 9.01. The van der Waals surface area contributed by atoms with Gasteiger partial charge in [0.1, 0.15) is 27.9 Å². The number of nitrogens with one attached hydrogen (secondary N) is 1. The molecule has 1 aliphatic carbocycles. The van der Waals surface area contributed by atoms with Crippen LogP contribution in [0.4, 0.5) is 13.2 Å². The van der Waals surface area contributed by atoms with E-state index in [-0.39, 0.29) is 21.6 Å². The first-order chi connectivity index (χ1) is 14.2. The molecule has 168 valence electrons. The highest BCUT2D eigenvalue weighted by atomic mass is 32.1. The van der Waals surface area contributed by atoms with Crippen molar-refractivity contribution in [3.05, 3.63) is 53.6 Å². The number of aliphatic hydroxyl groups is 1. The van der Waals surface area contributed by atoms with E-state index < -0.39 is 23.2 Å². The maximum Gasteiger partial charge on any atom is 0.424 e. The van der Waals surface area contributed by atoms with Gasteiger partial charge in [-0.15, -0.1) is 0 Å². The fraction of sp³-hybridized carbons (Fsp3) is 0.350. The van der Waals surface area contributed by atoms with Crippen LogP contribution in [0.25, 0.3) is 0 Å². The zero-order valence-electron chi connectivity index (χ0n) is 16.7. The Bertz CT molecular complexity index is 949. The fourth-order valence-corrected chi connectivity index (χ4v) is 3.26. The topological polar surface area (TPSA) is 93.5 Å². The lowest BCUT2D eigenvalue weighted by Gasteiger charge is -2.33. The van der Waals surface area contributed by atoms with Crippen molar-refractivity contribution in [2.75, 3.05) is 6.61 Å². The summed E-state index contributed by atoms with van der Waals surface area (Å²) < 4.78 is 44.7. The molecule has 1 aliphatic rings. The molecule has 0 spiro atoms. The Morgan fingerprint density at radius 2 is 1.77 bits per heavy atom. The minimum Gasteiger partial charge on any atom is -0.490 e. The Labute approximate surface area is 194 Å². The largest absolute Gasteiger partial charge is 0.490 e. The van der Waals surface area contributed by atoms with Crippen LogP contribution in [0.5, 0.6) is 5.75 Å². The van der Waals surface area contributed by atoms with Gasteiger partial charge in [0.25, 0.3) is 0 Å². The van der Waals surface area contributed by atoms with Crippen LogP contribution in [0.2, 0.25) is 0 Å². The van der Waals surface area contributed by atoms with Crippen molar-refractivity contribution in [2.24, 2.45) is 17.4 Å². The molecule has 0 radical (unpaired) electrons. The van der Waals surface area contributed by atoms with E-state index in [0.717, 1.165) is 5.56 Å². The monoisotopic (exact) mass is 489 g/mol. The van der Waals surface area contributed by atoms with Crippen LogP contribution >= 0.6 is 36.7 Å². The summed E-state index contributed by atoms with van der Waals surface area (Å²) in [6, 6.07) is 5.27. The molecule has 11 heteroatoms. The summed E-state index contributed by atoms with van der Waals surface area (Å²) >= 11 is 15.5. The van der Waals surface area contributed by atoms with Crippen LogP contribution in [-0.2, 0) is 0 Å². The minimum atomic E-state index is -4.83. The summed E-state index contributed by atoms with van der Waals surface area (Å²) in [5, 5.41) is 12.7. The highest BCUT2D eigenvalue weighted by Crippen LogP contribution is 2.35. The molecule has 0 aliphatic heterocycles. The van der Waals surface area contributed by atoms with Gasteiger partial charge in [0, 0.05) is 11.5 Å². The summed E-state index contributed by atoms with van der Waals surface area (Å²) in [4.78, 5) is 0.439. The molecule has 1 unspecified atom stereocenters. The van der Waals surface area contributed by atoms with Gasteiger partial charge in [-0.1, -0.05) is 60.9 Å². The molecular formula is C20H22F3N3O2S3. The number of hydrogen-bond donors (Lipinski definition) is 4. The molecule has 0 heterocycles. The molecule has 0 saturated heterocycles. The Hall–Kier alpha value is -2.08. The van der Waals surface area contributed by atoms with Crippen molar-refractivity contribution in [3.8, 4) is 5.75 Å². The van der Waals surface area contributed by atoms with Crippen molar-refractivity contribution in [1.82, 2.24) is 5.32 Å². The van der Waals surface area contributed by atoms with Crippen molar-refractivity contribution >= 4 is 51.6 Å². The zero-order valence-corrected chi connectivity index (χ0v) is 19.1. The quantitative estimate of drug-likeness (QED) is 0.343. The lowest BCUT2D eigenvalue weighted by molar-refractivity contribution is -0.221. The van der Waals surface area contributed by atoms with Gasteiger partial charge in [0.2, 0.25) is 0 Å². The van der Waals surface area contributed by atoms with E-state index in [1.165, 1.54) is 12.2 Å². The summed E-state index contributed by atoms with van der Waals surface area (Å²) in [5.74, 6) is -0.167. The van der Waals surface area contributed by atoms with Crippen LogP contribution < -0.4 is 21.5 Å². The lowest BCUT2D eigenvalue weighted by Crippen LogP contribution is -2.59. The third kappa shape index (κ3) is 5.79. The third-order valence-corrected chi connectivity index (χ3v) is 5.86. The number of benzene rings is 1. The number of rotatable bonds is 7. The number of aryl methyl sites for hydroxylation is 1. The average molecular weight is 490 g/mol. The summed E-state index contributed by atoms with van der Waals surface area (Å²) in [6.07, 6.45) is -1.19. The second-order valence-electron chi connectivity index (χ2n) is 7.39. The first-order valence-corrected chi connectivity index (χ1v) is 10.2. The zero-order chi connectivity index (χ0) is 23.6. The molecule has 31 heavy (non-hydrogen) atoms. The summed E-state index contributed by atoms with van der Waals surface area (Å²) in [7, 11) is 0. The van der Waals surface area contributed by atoms with E-state index in [2.05, 4.69) is 5.32 Å². The highest BCUT2D eigenvalue weighted by molar-refractivity contribution is 7.81. The molecule has 0 saturated carbocycles. The Morgan fingerprint density at radius 1 is 1.19 bits per heavy atom. The van der Waals surface area contributed by atoms with Crippen molar-refractivity contribution in [1.29, 1.82) is 0 Å². The molecule has 1 aromatic rings. The van der Waals surface area contributed by atoms with Gasteiger partial charge >= 0.3 is 6.18 Å². The predicted molar refractivity (Wildman–Crippen MR) is 126 cm³/mol. The standard InChI is InChI=1S/C20H22F3N3O2S3/c1-11-3-4-13(15(24)29)9-14(11)28-10-18(2,17(25)31)26-16(30)12-5-7-19(27,8-6-12)20(21,22)23/h3-9,12,27H,10H2,1-2H3,(H2,24,29)(H2,25,31)(H,26,30). The van der Waals surface area contributed by atoms with E-state index in [0.29, 0.717) is 23.5 Å². The molecule has 0 amide bonds. The van der Waals surface area contributed by atoms with E-state index >= 15 is 0 Å². The van der Waals surface area contributed by atoms with Crippen LogP contribution in [0.3, 0.4) is 0 Å². The number of ether oxygens (including phenoxy) is 1. The van der Waals surface area contributed by atoms with Crippen molar-refractivity contribution in [3.63, 3.8) is 0 Å². The van der Waals surface area contributed by atoms with Gasteiger partial charge in [-0.05, 0) is 37.6 Å². The number of alkyl halides is 3. The van der Waals surface area contributed by atoms with Gasteiger partial charge in [-0.25, -0.2) is 0 Å². The van der Waals surface area contributed by atoms with Crippen LogP contribution in [-0.4, -0.2) is 44.0 Å². The van der Waals surface area contributed by atoms with Gasteiger partial charge < -0.3 is 26.6 Å². The second kappa shape index (κ2) is 9.19. The SMILES string of the molecule is Cc1ccc(C(N)=S)cc1OCC(C)(NC(=S)C1C=CC(O)(C(F)(F)F)C=C1)C(N)=S. The van der Waals surface area contributed by atoms with Crippen molar-refractivity contribution in [2.45, 2.75) is 31.2 Å². The maximum absolute atomic E-state index is 12.9. The molecule has 0 fully saturated rings. The molecule has 1 aromatic carbocycles. The molecule has 1 atom stereocenters. The Morgan fingerprint density at radius 3 is 2.26 bits per heavy atom. The predicted octanol–water partition coefficient (Wildman–Crippen LogP) is 3.01. The molecule has 6 N–H and O–H groups in total. The normalized spacial score (nSPS) is 22.5. The van der Waals surface area contributed by atoms with E-state index in [1.807, 2.05) is 6.92 Å². The Balaban J connectivity index is 2.14. The summed E-state index contributed by atoms with van der Waals surface area (Å²) in [6.45, 7) is 3.49. The van der Waals surface area contributed by atoms with Gasteiger partial charge in [0.05, 0.1) is 4.99 Å². The fourth-order valence-electron chi connectivity index (χ4n) is 2.64. The number of halogens is 3. The smallest absolute Gasteiger partial charge is 0.424 e. The summed E-state index contributed by atoms with van der Waals surface area (Å²) in [5.41, 5.74) is 8.89. The van der Waals surface area contributed by atoms with E-state index in [1.54, 1.807) is 25.1 Å². The van der Waals surface area contributed by atoms with Gasteiger partial charge in [0.15, 0.2) is 5.60 Å². The van der Waals surface area contributed by atoms with Gasteiger partial charge in [-0.3, -0.25) is 0 Å². The lowest BCUT2D eigenvalue weighted by atomic mass is 9.91. The van der Waals surface area contributed by atoms with Crippen LogP contribution in [0.1, 0.15) is 18.1 Å². The number of thiocarbonyl (C=S) groups is 3. The van der Waals surface area contributed by atoms with Crippen molar-refractivity contribution < 1.29 is 23.0 Å². The molecule has 0 bridgehead atoms. The Kier molecular flexibility index (Phi) is 7.47. The second-order valence-corrected chi connectivity index (χ2v) is 8.71. The van der Waals surface area contributed by atoms with Gasteiger partial charge in [-0.2, -0.15) is 13.2 Å². The molecule has 5 nitrogen and oxygen atoms in total. The first kappa shape index (κ1) is 25.2. The third-order valence-electron chi connectivity index (χ3n) is 4.80. The maximum atomic E-state index is 12.9. The molecule has 2 rings (SSSR count).